The van der Waals surface area contributed by atoms with Crippen LogP contribution >= 0.6 is 0 Å². The molecule has 7 rings (SSSR count). The molecule has 0 fully saturated rings. The van der Waals surface area contributed by atoms with Gasteiger partial charge in [-0.15, -0.1) is 0 Å². The minimum Gasteiger partial charge on any atom is -0.331 e. The summed E-state index contributed by atoms with van der Waals surface area (Å²) in [7, 11) is -4.47. The maximum absolute atomic E-state index is 14.7. The summed E-state index contributed by atoms with van der Waals surface area (Å²) in [6.45, 7) is 0.453. The molecule has 0 spiro atoms. The highest BCUT2D eigenvalue weighted by molar-refractivity contribution is 7.90. The van der Waals surface area contributed by atoms with Gasteiger partial charge in [-0.25, -0.2) is 21.9 Å². The van der Waals surface area contributed by atoms with Gasteiger partial charge >= 0.3 is 0 Å². The fourth-order valence-electron chi connectivity index (χ4n) is 7.34. The van der Waals surface area contributed by atoms with Gasteiger partial charge in [0, 0.05) is 12.1 Å². The van der Waals surface area contributed by atoms with Gasteiger partial charge in [0.25, 0.3) is 15.9 Å². The lowest BCUT2D eigenvalue weighted by atomic mass is 9.76. The van der Waals surface area contributed by atoms with E-state index < -0.39 is 32.5 Å². The van der Waals surface area contributed by atoms with Crippen molar-refractivity contribution in [2.75, 3.05) is 0 Å². The van der Waals surface area contributed by atoms with Gasteiger partial charge < -0.3 is 4.90 Å². The zero-order valence-corrected chi connectivity index (χ0v) is 30.2. The molecule has 0 unspecified atom stereocenters. The Kier molecular flexibility index (Phi) is 10.8. The van der Waals surface area contributed by atoms with E-state index in [0.29, 0.717) is 24.2 Å². The van der Waals surface area contributed by atoms with Crippen LogP contribution in [0.1, 0.15) is 50.6 Å². The number of aryl methyl sites for hydroxylation is 1. The molecule has 6 aromatic carbocycles. The third kappa shape index (κ3) is 8.32. The van der Waals surface area contributed by atoms with E-state index in [-0.39, 0.29) is 29.9 Å². The topological polar surface area (TPSA) is 83.5 Å². The molecule has 0 heterocycles. The van der Waals surface area contributed by atoms with Crippen molar-refractivity contribution < 1.29 is 26.8 Å². The van der Waals surface area contributed by atoms with E-state index >= 15 is 0 Å². The molecular weight excluding hydrogens is 703 g/mol. The maximum Gasteiger partial charge on any atom is 0.265 e. The fourth-order valence-corrected chi connectivity index (χ4v) is 8.32. The predicted octanol–water partition coefficient (Wildman–Crippen LogP) is 8.87. The van der Waals surface area contributed by atoms with E-state index in [2.05, 4.69) is 48.5 Å². The van der Waals surface area contributed by atoms with E-state index in [1.165, 1.54) is 22.8 Å². The number of nitrogens with one attached hydrogen (secondary N) is 1. The molecule has 0 aliphatic heterocycles. The number of halogens is 2. The highest BCUT2D eigenvalue weighted by atomic mass is 32.2. The zero-order chi connectivity index (χ0) is 37.7. The third-order valence-electron chi connectivity index (χ3n) is 9.97. The van der Waals surface area contributed by atoms with Crippen LogP contribution in [0.5, 0.6) is 0 Å². The average Bonchev–Trinajstić information content (AvgIpc) is 3.19. The predicted molar refractivity (Wildman–Crippen MR) is 205 cm³/mol. The second-order valence-corrected chi connectivity index (χ2v) is 15.3. The summed E-state index contributed by atoms with van der Waals surface area (Å²) in [4.78, 5) is 29.2. The highest BCUT2D eigenvalue weighted by Gasteiger charge is 2.36. The summed E-state index contributed by atoms with van der Waals surface area (Å²) in [5.74, 6) is -3.27. The molecule has 1 aliphatic carbocycles. The Balaban J connectivity index is 1.16. The smallest absolute Gasteiger partial charge is 0.265 e. The number of amides is 2. The molecule has 0 radical (unpaired) electrons. The number of carbonyl (C=O) groups is 2. The molecule has 2 atom stereocenters. The van der Waals surface area contributed by atoms with Gasteiger partial charge in [0.1, 0.15) is 0 Å². The summed E-state index contributed by atoms with van der Waals surface area (Å²) in [5.41, 5.74) is 6.94. The second-order valence-electron chi connectivity index (χ2n) is 13.6. The van der Waals surface area contributed by atoms with E-state index in [1.54, 1.807) is 18.2 Å². The van der Waals surface area contributed by atoms with E-state index in [1.807, 2.05) is 70.3 Å². The van der Waals surface area contributed by atoms with Crippen LogP contribution in [0.4, 0.5) is 8.78 Å². The van der Waals surface area contributed by atoms with Gasteiger partial charge in [-0.3, -0.25) is 9.59 Å². The summed E-state index contributed by atoms with van der Waals surface area (Å²) >= 11 is 0. The molecule has 272 valence electrons. The third-order valence-corrected chi connectivity index (χ3v) is 11.3. The summed E-state index contributed by atoms with van der Waals surface area (Å²) < 4.78 is 54.6. The van der Waals surface area contributed by atoms with Crippen molar-refractivity contribution in [3.8, 4) is 11.1 Å². The summed E-state index contributed by atoms with van der Waals surface area (Å²) in [6.07, 6.45) is 2.90. The van der Waals surface area contributed by atoms with Crippen LogP contribution in [-0.4, -0.2) is 25.1 Å². The lowest BCUT2D eigenvalue weighted by molar-refractivity contribution is -0.135. The molecule has 1 aliphatic rings. The summed E-state index contributed by atoms with van der Waals surface area (Å²) in [6, 6.07) is 44.8. The zero-order valence-electron chi connectivity index (χ0n) is 29.4. The van der Waals surface area contributed by atoms with Gasteiger partial charge in [-0.1, -0.05) is 121 Å². The van der Waals surface area contributed by atoms with Gasteiger partial charge in [0.05, 0.1) is 17.4 Å². The minimum atomic E-state index is -4.47. The Morgan fingerprint density at radius 2 is 1.31 bits per heavy atom. The largest absolute Gasteiger partial charge is 0.331 e. The monoisotopic (exact) mass is 740 g/mol. The highest BCUT2D eigenvalue weighted by Crippen LogP contribution is 2.41. The number of carbonyl (C=O) groups excluding carboxylic acids is 2. The average molecular weight is 741 g/mol. The number of sulfonamides is 1. The Labute approximate surface area is 314 Å². The van der Waals surface area contributed by atoms with Crippen LogP contribution in [0.25, 0.3) is 11.1 Å². The Morgan fingerprint density at radius 3 is 2.06 bits per heavy atom. The molecule has 0 saturated carbocycles. The van der Waals surface area contributed by atoms with Crippen LogP contribution in [0.15, 0.2) is 157 Å². The first-order valence-electron chi connectivity index (χ1n) is 17.8. The molecule has 54 heavy (non-hydrogen) atoms. The molecule has 2 amide bonds. The SMILES string of the molecule is O=C(NS(=O)(=O)c1ccc(F)c(F)c1)c1cccc(-c2cccc(CC(=O)N(Cc3ccccc3)[C@@H]3c4ccccc4CC[C@H]3Cc3ccccc3)c2)c1. The van der Waals surface area contributed by atoms with E-state index in [9.17, 15) is 26.8 Å². The van der Waals surface area contributed by atoms with Crippen LogP contribution in [-0.2, 0) is 40.6 Å². The van der Waals surface area contributed by atoms with Gasteiger partial charge in [0.15, 0.2) is 11.6 Å². The van der Waals surface area contributed by atoms with Gasteiger partial charge in [0.2, 0.25) is 5.91 Å². The van der Waals surface area contributed by atoms with Crippen molar-refractivity contribution in [2.24, 2.45) is 5.92 Å². The standard InChI is InChI=1S/C45H38F2N2O4S/c46-41-24-23-39(29-42(41)47)54(52,53)48-45(51)38-19-10-18-36(28-38)35-17-9-15-33(26-35)27-43(50)49(30-32-13-5-2-6-14-32)44-37(25-31-11-3-1-4-12-31)22-21-34-16-7-8-20-40(34)44/h1-20,23-24,26,28-29,37,44H,21-22,25,27,30H2,(H,48,51)/t37-,44-/m0/s1. The molecule has 0 bridgehead atoms. The lowest BCUT2D eigenvalue weighted by Gasteiger charge is -2.42. The van der Waals surface area contributed by atoms with Crippen molar-refractivity contribution in [3.63, 3.8) is 0 Å². The number of rotatable bonds is 11. The lowest BCUT2D eigenvalue weighted by Crippen LogP contribution is -2.41. The fraction of sp³-hybridized carbons (Fsp3) is 0.156. The quantitative estimate of drug-likeness (QED) is 0.144. The van der Waals surface area contributed by atoms with Gasteiger partial charge in [-0.05, 0) is 94.5 Å². The van der Waals surface area contributed by atoms with Crippen molar-refractivity contribution in [1.82, 2.24) is 9.62 Å². The molecule has 0 aromatic heterocycles. The molecule has 9 heteroatoms. The van der Waals surface area contributed by atoms with Crippen LogP contribution in [0.2, 0.25) is 0 Å². The van der Waals surface area contributed by atoms with Crippen molar-refractivity contribution in [1.29, 1.82) is 0 Å². The van der Waals surface area contributed by atoms with Crippen LogP contribution in [0, 0.1) is 17.6 Å². The number of fused-ring (bicyclic) bond motifs is 1. The number of hydrogen-bond donors (Lipinski definition) is 1. The molecule has 6 nitrogen and oxygen atoms in total. The maximum atomic E-state index is 14.7. The van der Waals surface area contributed by atoms with E-state index in [0.717, 1.165) is 42.0 Å². The molecular formula is C45H38F2N2O4S. The van der Waals surface area contributed by atoms with Crippen LogP contribution in [0.3, 0.4) is 0 Å². The number of hydrogen-bond acceptors (Lipinski definition) is 4. The number of benzene rings is 6. The Morgan fingerprint density at radius 1 is 0.667 bits per heavy atom. The summed E-state index contributed by atoms with van der Waals surface area (Å²) in [5, 5.41) is 0. The van der Waals surface area contributed by atoms with Crippen molar-refractivity contribution >= 4 is 21.8 Å². The number of nitrogens with zero attached hydrogens (tertiary/aromatic N) is 1. The molecule has 0 saturated heterocycles. The molecule has 6 aromatic rings. The Bertz CT molecular complexity index is 2400. The Hall–Kier alpha value is -5.93. The van der Waals surface area contributed by atoms with E-state index in [4.69, 9.17) is 0 Å². The minimum absolute atomic E-state index is 0.00803. The molecule has 1 N–H and O–H groups in total. The van der Waals surface area contributed by atoms with Gasteiger partial charge in [-0.2, -0.15) is 0 Å². The first-order valence-corrected chi connectivity index (χ1v) is 19.3. The van der Waals surface area contributed by atoms with Crippen molar-refractivity contribution in [3.05, 3.63) is 197 Å². The normalized spacial score (nSPS) is 15.2. The van der Waals surface area contributed by atoms with Crippen LogP contribution < -0.4 is 4.72 Å². The van der Waals surface area contributed by atoms with Crippen molar-refractivity contribution in [2.45, 2.75) is 43.2 Å². The first kappa shape index (κ1) is 36.4. The second kappa shape index (κ2) is 16.0. The first-order chi connectivity index (χ1) is 26.1.